The molecule has 0 radical (unpaired) electrons. The van der Waals surface area contributed by atoms with Gasteiger partial charge in [-0.3, -0.25) is 0 Å². The second-order valence-electron chi connectivity index (χ2n) is 9.89. The Morgan fingerprint density at radius 1 is 0.889 bits per heavy atom. The third-order valence-electron chi connectivity index (χ3n) is 6.41. The van der Waals surface area contributed by atoms with E-state index >= 15 is 0 Å². The van der Waals surface area contributed by atoms with Crippen LogP contribution in [0.5, 0.6) is 0 Å². The lowest BCUT2D eigenvalue weighted by Crippen LogP contribution is -2.30. The summed E-state index contributed by atoms with van der Waals surface area (Å²) in [7, 11) is 0. The second-order valence-corrected chi connectivity index (χ2v) is 9.89. The fraction of sp³-hybridized carbons (Fsp3) is 0.333. The zero-order valence-electron chi connectivity index (χ0n) is 16.9. The Hall–Kier alpha value is -2.34. The first kappa shape index (κ1) is 16.8. The van der Waals surface area contributed by atoms with Crippen LogP contribution in [0.15, 0.2) is 59.7 Å². The molecule has 0 saturated heterocycles. The number of hydrogen-bond acceptors (Lipinski definition) is 0. The standard InChI is InChI=1S/C27H28/c1-26(2)16-21-15-24-22(25(21)27(3,4)17-26)11-10-20-13-19(14-23(20)24)12-18-8-6-5-7-9-18/h5-11,13-14,16H,12,15,17H2,1-4H3. The van der Waals surface area contributed by atoms with Gasteiger partial charge in [0.2, 0.25) is 0 Å². The second kappa shape index (κ2) is 5.58. The van der Waals surface area contributed by atoms with Gasteiger partial charge in [-0.25, -0.2) is 0 Å². The smallest absolute Gasteiger partial charge is 0.00134 e. The van der Waals surface area contributed by atoms with Crippen LogP contribution in [0, 0.1) is 10.8 Å². The topological polar surface area (TPSA) is 0 Å². The van der Waals surface area contributed by atoms with Gasteiger partial charge in [0.05, 0.1) is 0 Å². The molecule has 0 aliphatic heterocycles. The zero-order chi connectivity index (χ0) is 18.8. The normalized spacial score (nSPS) is 21.0. The van der Waals surface area contributed by atoms with Crippen molar-refractivity contribution >= 4 is 17.7 Å². The molecule has 0 bridgehead atoms. The fourth-order valence-electron chi connectivity index (χ4n) is 5.89. The maximum atomic E-state index is 2.55. The lowest BCUT2D eigenvalue weighted by atomic mass is 9.64. The van der Waals surface area contributed by atoms with Gasteiger partial charge in [0.1, 0.15) is 0 Å². The summed E-state index contributed by atoms with van der Waals surface area (Å²) >= 11 is 0. The predicted octanol–water partition coefficient (Wildman–Crippen LogP) is 5.20. The minimum atomic E-state index is 0.242. The summed E-state index contributed by atoms with van der Waals surface area (Å²) in [5.41, 5.74) is 9.54. The van der Waals surface area contributed by atoms with Crippen LogP contribution in [0.25, 0.3) is 17.7 Å². The Balaban J connectivity index is 1.62. The van der Waals surface area contributed by atoms with Crippen molar-refractivity contribution in [2.75, 3.05) is 0 Å². The first-order chi connectivity index (χ1) is 12.8. The van der Waals surface area contributed by atoms with Crippen LogP contribution in [0.1, 0.15) is 50.8 Å². The van der Waals surface area contributed by atoms with Gasteiger partial charge >= 0.3 is 0 Å². The van der Waals surface area contributed by atoms with Crippen LogP contribution in [-0.2, 0) is 12.8 Å². The molecule has 0 saturated carbocycles. The molecule has 5 rings (SSSR count). The molecule has 136 valence electrons. The van der Waals surface area contributed by atoms with Crippen molar-refractivity contribution in [1.29, 1.82) is 0 Å². The Bertz CT molecular complexity index is 1120. The van der Waals surface area contributed by atoms with Gasteiger partial charge < -0.3 is 0 Å². The first-order valence-corrected chi connectivity index (χ1v) is 10.2. The summed E-state index contributed by atoms with van der Waals surface area (Å²) in [6.07, 6.45) is 10.7. The lowest BCUT2D eigenvalue weighted by Gasteiger charge is -2.40. The Morgan fingerprint density at radius 2 is 1.67 bits per heavy atom. The molecule has 0 aromatic heterocycles. The Morgan fingerprint density at radius 3 is 2.44 bits per heavy atom. The molecule has 0 amide bonds. The maximum Gasteiger partial charge on any atom is -0.00134 e. The van der Waals surface area contributed by atoms with Crippen molar-refractivity contribution in [2.45, 2.75) is 47.0 Å². The van der Waals surface area contributed by atoms with Crippen LogP contribution in [0.2, 0.25) is 0 Å². The van der Waals surface area contributed by atoms with Crippen molar-refractivity contribution in [3.8, 4) is 0 Å². The lowest BCUT2D eigenvalue weighted by molar-refractivity contribution is 0.292. The molecule has 0 atom stereocenters. The van der Waals surface area contributed by atoms with E-state index in [1.54, 1.807) is 16.7 Å². The molecule has 0 N–H and O–H groups in total. The summed E-state index contributed by atoms with van der Waals surface area (Å²) in [4.78, 5) is 0. The van der Waals surface area contributed by atoms with Crippen LogP contribution >= 0.6 is 0 Å². The molecule has 3 aliphatic rings. The molecular formula is C27H28. The largest absolute Gasteiger partial charge is 0.0750 e. The maximum absolute atomic E-state index is 2.55. The van der Waals surface area contributed by atoms with Gasteiger partial charge in [0.25, 0.3) is 0 Å². The minimum Gasteiger partial charge on any atom is -0.0750 e. The number of allylic oxidation sites excluding steroid dienone is 3. The number of benzene rings is 2. The Kier molecular flexibility index (Phi) is 3.47. The summed E-state index contributed by atoms with van der Waals surface area (Å²) in [5.74, 6) is 0. The highest BCUT2D eigenvalue weighted by atomic mass is 14.4. The van der Waals surface area contributed by atoms with Gasteiger partial charge in [0, 0.05) is 0 Å². The van der Waals surface area contributed by atoms with E-state index in [1.165, 1.54) is 33.6 Å². The predicted molar refractivity (Wildman–Crippen MR) is 116 cm³/mol. The van der Waals surface area contributed by atoms with Crippen molar-refractivity contribution in [3.63, 3.8) is 0 Å². The van der Waals surface area contributed by atoms with Gasteiger partial charge in [0.15, 0.2) is 0 Å². The SMILES string of the molecule is CC1(C)C=C2Cc3c4c(ccc3=C2C(C)(C)C1)=CC(Cc1ccccc1)=C4. The molecule has 0 spiro atoms. The monoisotopic (exact) mass is 352 g/mol. The molecule has 2 aromatic carbocycles. The highest BCUT2D eigenvalue weighted by Gasteiger charge is 2.40. The molecule has 0 heterocycles. The third kappa shape index (κ3) is 2.74. The summed E-state index contributed by atoms with van der Waals surface area (Å²) < 4.78 is 0. The highest BCUT2D eigenvalue weighted by Crippen LogP contribution is 2.50. The van der Waals surface area contributed by atoms with E-state index in [2.05, 4.69) is 88.4 Å². The Labute approximate surface area is 162 Å². The van der Waals surface area contributed by atoms with Crippen LogP contribution in [-0.4, -0.2) is 0 Å². The van der Waals surface area contributed by atoms with E-state index in [0.717, 1.165) is 12.8 Å². The first-order valence-electron chi connectivity index (χ1n) is 10.2. The molecule has 0 fully saturated rings. The fourth-order valence-corrected chi connectivity index (χ4v) is 5.89. The van der Waals surface area contributed by atoms with Gasteiger partial charge in [-0.05, 0) is 73.9 Å². The molecule has 0 nitrogen and oxygen atoms in total. The molecule has 3 aliphatic carbocycles. The summed E-state index contributed by atoms with van der Waals surface area (Å²) in [5, 5.41) is 2.91. The average molecular weight is 353 g/mol. The van der Waals surface area contributed by atoms with Crippen LogP contribution in [0.3, 0.4) is 0 Å². The van der Waals surface area contributed by atoms with Crippen molar-refractivity contribution in [3.05, 3.63) is 86.8 Å². The van der Waals surface area contributed by atoms with E-state index < -0.39 is 0 Å². The van der Waals surface area contributed by atoms with Crippen molar-refractivity contribution < 1.29 is 0 Å². The zero-order valence-corrected chi connectivity index (χ0v) is 16.9. The van der Waals surface area contributed by atoms with E-state index in [0.29, 0.717) is 0 Å². The number of hydrogen-bond donors (Lipinski definition) is 0. The van der Waals surface area contributed by atoms with Gasteiger partial charge in [-0.1, -0.05) is 88.4 Å². The van der Waals surface area contributed by atoms with E-state index in [4.69, 9.17) is 0 Å². The van der Waals surface area contributed by atoms with Crippen molar-refractivity contribution in [1.82, 2.24) is 0 Å². The average Bonchev–Trinajstić information content (AvgIpc) is 3.14. The summed E-state index contributed by atoms with van der Waals surface area (Å²) in [6.45, 7) is 9.64. The van der Waals surface area contributed by atoms with E-state index in [-0.39, 0.29) is 10.8 Å². The highest BCUT2D eigenvalue weighted by molar-refractivity contribution is 5.82. The van der Waals surface area contributed by atoms with Gasteiger partial charge in [-0.15, -0.1) is 0 Å². The quantitative estimate of drug-likeness (QED) is 0.697. The molecule has 2 aromatic rings. The van der Waals surface area contributed by atoms with Crippen LogP contribution < -0.4 is 10.4 Å². The number of fused-ring (bicyclic) bond motifs is 4. The molecular weight excluding hydrogens is 324 g/mol. The number of rotatable bonds is 2. The van der Waals surface area contributed by atoms with Gasteiger partial charge in [-0.2, -0.15) is 0 Å². The minimum absolute atomic E-state index is 0.242. The van der Waals surface area contributed by atoms with Crippen LogP contribution in [0.4, 0.5) is 0 Å². The third-order valence-corrected chi connectivity index (χ3v) is 6.41. The molecule has 27 heavy (non-hydrogen) atoms. The van der Waals surface area contributed by atoms with Crippen molar-refractivity contribution in [2.24, 2.45) is 10.8 Å². The molecule has 0 unspecified atom stereocenters. The van der Waals surface area contributed by atoms with E-state index in [9.17, 15) is 0 Å². The molecule has 0 heteroatoms. The van der Waals surface area contributed by atoms with E-state index in [1.807, 2.05) is 0 Å². The summed E-state index contributed by atoms with van der Waals surface area (Å²) in [6, 6.07) is 15.5.